The molecule has 0 saturated carbocycles. The molecule has 2 aromatic heterocycles. The highest BCUT2D eigenvalue weighted by atomic mass is 35.5. The molecule has 1 aromatic carbocycles. The summed E-state index contributed by atoms with van der Waals surface area (Å²) in [6, 6.07) is 9.96. The van der Waals surface area contributed by atoms with Crippen LogP contribution in [0.4, 0.5) is 17.1 Å². The molecule has 9 heteroatoms. The Labute approximate surface area is 190 Å². The van der Waals surface area contributed by atoms with Gasteiger partial charge in [-0.25, -0.2) is 4.98 Å². The molecule has 0 unspecified atom stereocenters. The number of nitrogens with one attached hydrogen (secondary N) is 3. The standard InChI is InChI=1S/C23H21ClN6O2/c1-4-5-10-27-23(32)14(2)28-19-12-20(31)30(3)21-15(19)7-6-8-18(21)29-17-9-11-26-22(24)16(17)13-25/h1,6-9,11-12,14,28H,5,10H2,2-3H3,(H,26,29)(H,27,32)/t14-/m1/s1. The van der Waals surface area contributed by atoms with Gasteiger partial charge in [-0.3, -0.25) is 9.59 Å². The van der Waals surface area contributed by atoms with E-state index in [4.69, 9.17) is 18.0 Å². The van der Waals surface area contributed by atoms with Gasteiger partial charge in [-0.05, 0) is 19.1 Å². The van der Waals surface area contributed by atoms with E-state index in [9.17, 15) is 14.9 Å². The first-order valence-corrected chi connectivity index (χ1v) is 10.2. The maximum Gasteiger partial charge on any atom is 0.252 e. The Morgan fingerprint density at radius 3 is 2.81 bits per heavy atom. The van der Waals surface area contributed by atoms with Crippen molar-refractivity contribution in [3.63, 3.8) is 0 Å². The highest BCUT2D eigenvalue weighted by Crippen LogP contribution is 2.32. The van der Waals surface area contributed by atoms with E-state index in [1.807, 2.05) is 18.2 Å². The van der Waals surface area contributed by atoms with Crippen molar-refractivity contribution in [2.24, 2.45) is 7.05 Å². The molecule has 8 nitrogen and oxygen atoms in total. The highest BCUT2D eigenvalue weighted by Gasteiger charge is 2.17. The minimum atomic E-state index is -0.594. The summed E-state index contributed by atoms with van der Waals surface area (Å²) < 4.78 is 1.50. The summed E-state index contributed by atoms with van der Waals surface area (Å²) in [7, 11) is 1.65. The number of hydrogen-bond acceptors (Lipinski definition) is 6. The smallest absolute Gasteiger partial charge is 0.252 e. The van der Waals surface area contributed by atoms with Crippen molar-refractivity contribution in [1.82, 2.24) is 14.9 Å². The first kappa shape index (κ1) is 22.7. The fourth-order valence-electron chi connectivity index (χ4n) is 3.25. The third-order valence-electron chi connectivity index (χ3n) is 4.88. The fourth-order valence-corrected chi connectivity index (χ4v) is 3.45. The van der Waals surface area contributed by atoms with Gasteiger partial charge >= 0.3 is 0 Å². The molecular weight excluding hydrogens is 428 g/mol. The summed E-state index contributed by atoms with van der Waals surface area (Å²) in [5, 5.41) is 19.3. The number of para-hydroxylation sites is 1. The van der Waals surface area contributed by atoms with Crippen LogP contribution >= 0.6 is 11.6 Å². The summed E-state index contributed by atoms with van der Waals surface area (Å²) in [4.78, 5) is 28.9. The summed E-state index contributed by atoms with van der Waals surface area (Å²) in [5.41, 5.74) is 2.10. The normalized spacial score (nSPS) is 11.3. The Kier molecular flexibility index (Phi) is 6.99. The molecule has 0 aliphatic carbocycles. The molecule has 0 fully saturated rings. The molecule has 0 bridgehead atoms. The largest absolute Gasteiger partial charge is 0.373 e. The number of fused-ring (bicyclic) bond motifs is 1. The van der Waals surface area contributed by atoms with Gasteiger partial charge in [0, 0.05) is 43.4 Å². The maximum atomic E-state index is 12.7. The highest BCUT2D eigenvalue weighted by molar-refractivity contribution is 6.31. The number of anilines is 3. The summed E-state index contributed by atoms with van der Waals surface area (Å²) in [6.45, 7) is 2.08. The Bertz CT molecular complexity index is 1320. The molecule has 0 aliphatic heterocycles. The van der Waals surface area contributed by atoms with Gasteiger partial charge in [0.25, 0.3) is 5.56 Å². The van der Waals surface area contributed by atoms with Crippen LogP contribution in [0.5, 0.6) is 0 Å². The molecule has 3 N–H and O–H groups in total. The van der Waals surface area contributed by atoms with Gasteiger partial charge in [-0.1, -0.05) is 23.7 Å². The zero-order valence-corrected chi connectivity index (χ0v) is 18.3. The fraction of sp³-hybridized carbons (Fsp3) is 0.217. The second-order valence-electron chi connectivity index (χ2n) is 7.03. The molecule has 0 saturated heterocycles. The second kappa shape index (κ2) is 9.86. The number of pyridine rings is 2. The van der Waals surface area contributed by atoms with Crippen molar-refractivity contribution in [2.75, 3.05) is 17.2 Å². The third-order valence-corrected chi connectivity index (χ3v) is 5.17. The number of carbonyl (C=O) groups excluding carboxylic acids is 1. The number of hydrogen-bond donors (Lipinski definition) is 3. The molecule has 32 heavy (non-hydrogen) atoms. The lowest BCUT2D eigenvalue weighted by molar-refractivity contribution is -0.121. The lowest BCUT2D eigenvalue weighted by Gasteiger charge is -2.19. The number of nitrogens with zero attached hydrogens (tertiary/aromatic N) is 3. The number of terminal acetylenes is 1. The minimum Gasteiger partial charge on any atom is -0.373 e. The molecular formula is C23H21ClN6O2. The predicted molar refractivity (Wildman–Crippen MR) is 126 cm³/mol. The summed E-state index contributed by atoms with van der Waals surface area (Å²) in [6.07, 6.45) is 7.14. The zero-order valence-electron chi connectivity index (χ0n) is 17.6. The maximum absolute atomic E-state index is 12.7. The molecule has 2 heterocycles. The van der Waals surface area contributed by atoms with E-state index in [2.05, 4.69) is 26.9 Å². The van der Waals surface area contributed by atoms with Gasteiger partial charge in [-0.15, -0.1) is 12.3 Å². The van der Waals surface area contributed by atoms with Crippen molar-refractivity contribution in [3.05, 3.63) is 57.6 Å². The van der Waals surface area contributed by atoms with Crippen molar-refractivity contribution in [2.45, 2.75) is 19.4 Å². The second-order valence-corrected chi connectivity index (χ2v) is 7.39. The first-order chi connectivity index (χ1) is 15.4. The lowest BCUT2D eigenvalue weighted by Crippen LogP contribution is -2.38. The van der Waals surface area contributed by atoms with E-state index < -0.39 is 6.04 Å². The molecule has 0 radical (unpaired) electrons. The first-order valence-electron chi connectivity index (χ1n) is 9.79. The summed E-state index contributed by atoms with van der Waals surface area (Å²) >= 11 is 6.04. The lowest BCUT2D eigenvalue weighted by atomic mass is 10.1. The topological polar surface area (TPSA) is 112 Å². The van der Waals surface area contributed by atoms with Crippen LogP contribution in [0.3, 0.4) is 0 Å². The van der Waals surface area contributed by atoms with Gasteiger partial charge in [0.2, 0.25) is 5.91 Å². The van der Waals surface area contributed by atoms with Crippen LogP contribution in [0.25, 0.3) is 10.9 Å². The third kappa shape index (κ3) is 4.66. The van der Waals surface area contributed by atoms with Gasteiger partial charge in [0.15, 0.2) is 0 Å². The molecule has 0 spiro atoms. The quantitative estimate of drug-likeness (QED) is 0.291. The minimum absolute atomic E-state index is 0.0821. The van der Waals surface area contributed by atoms with Gasteiger partial charge in [0.1, 0.15) is 22.8 Å². The average Bonchev–Trinajstić information content (AvgIpc) is 2.77. The van der Waals surface area contributed by atoms with Crippen molar-refractivity contribution in [3.8, 4) is 18.4 Å². The Morgan fingerprint density at radius 2 is 2.09 bits per heavy atom. The van der Waals surface area contributed by atoms with Gasteiger partial charge in [0.05, 0.1) is 16.9 Å². The van der Waals surface area contributed by atoms with Crippen LogP contribution in [-0.2, 0) is 11.8 Å². The number of halogens is 1. The van der Waals surface area contributed by atoms with Crippen LogP contribution in [0.15, 0.2) is 41.3 Å². The van der Waals surface area contributed by atoms with E-state index in [1.165, 1.54) is 16.8 Å². The Hall–Kier alpha value is -4.01. The number of aryl methyl sites for hydroxylation is 1. The summed E-state index contributed by atoms with van der Waals surface area (Å²) in [5.74, 6) is 2.24. The van der Waals surface area contributed by atoms with Gasteiger partial charge in [-0.2, -0.15) is 5.26 Å². The number of aromatic nitrogens is 2. The predicted octanol–water partition coefficient (Wildman–Crippen LogP) is 3.14. The number of carbonyl (C=O) groups is 1. The number of rotatable bonds is 7. The number of benzene rings is 1. The van der Waals surface area contributed by atoms with E-state index in [0.29, 0.717) is 35.5 Å². The molecule has 3 aromatic rings. The van der Waals surface area contributed by atoms with Crippen LogP contribution in [0.2, 0.25) is 5.15 Å². The molecule has 0 aliphatic rings. The van der Waals surface area contributed by atoms with Crippen molar-refractivity contribution >= 4 is 45.5 Å². The van der Waals surface area contributed by atoms with Crippen LogP contribution in [0, 0.1) is 23.7 Å². The van der Waals surface area contributed by atoms with Crippen LogP contribution < -0.4 is 21.5 Å². The Morgan fingerprint density at radius 1 is 1.31 bits per heavy atom. The van der Waals surface area contributed by atoms with Gasteiger partial charge < -0.3 is 20.5 Å². The molecule has 3 rings (SSSR count). The van der Waals surface area contributed by atoms with Crippen LogP contribution in [-0.4, -0.2) is 28.0 Å². The zero-order chi connectivity index (χ0) is 23.3. The van der Waals surface area contributed by atoms with E-state index in [1.54, 1.807) is 26.1 Å². The van der Waals surface area contributed by atoms with Crippen molar-refractivity contribution < 1.29 is 4.79 Å². The van der Waals surface area contributed by atoms with E-state index in [-0.39, 0.29) is 22.2 Å². The van der Waals surface area contributed by atoms with Crippen LogP contribution in [0.1, 0.15) is 18.9 Å². The number of amides is 1. The Balaban J connectivity index is 2.03. The number of nitriles is 1. The van der Waals surface area contributed by atoms with E-state index >= 15 is 0 Å². The average molecular weight is 449 g/mol. The van der Waals surface area contributed by atoms with E-state index in [0.717, 1.165) is 5.39 Å². The SMILES string of the molecule is C#CCCNC(=O)[C@@H](C)Nc1cc(=O)n(C)c2c(Nc3ccnc(Cl)c3C#N)cccc12. The molecule has 162 valence electrons. The molecule has 1 atom stereocenters. The molecule has 1 amide bonds. The monoisotopic (exact) mass is 448 g/mol. The van der Waals surface area contributed by atoms with Crippen molar-refractivity contribution in [1.29, 1.82) is 5.26 Å².